The van der Waals surface area contributed by atoms with Crippen LogP contribution in [0.15, 0.2) is 6.20 Å². The van der Waals surface area contributed by atoms with Crippen LogP contribution >= 0.6 is 0 Å². The van der Waals surface area contributed by atoms with E-state index >= 15 is 0 Å². The molecule has 1 rings (SSSR count). The van der Waals surface area contributed by atoms with Gasteiger partial charge in [0.2, 0.25) is 5.91 Å². The average Bonchev–Trinajstić information content (AvgIpc) is 2.78. The van der Waals surface area contributed by atoms with Crippen molar-refractivity contribution in [3.63, 3.8) is 0 Å². The number of aromatic nitrogens is 3. The maximum absolute atomic E-state index is 11.4. The Kier molecular flexibility index (Phi) is 4.83. The summed E-state index contributed by atoms with van der Waals surface area (Å²) in [5.74, 6) is 0.787. The summed E-state index contributed by atoms with van der Waals surface area (Å²) in [4.78, 5) is 21.9. The maximum atomic E-state index is 11.4. The molecule has 0 radical (unpaired) electrons. The number of carboxylic acid groups (broad SMARTS) is 1. The molecule has 0 bridgehead atoms. The van der Waals surface area contributed by atoms with Crippen LogP contribution in [0.1, 0.15) is 16.9 Å². The van der Waals surface area contributed by atoms with Gasteiger partial charge in [0.05, 0.1) is 18.8 Å². The van der Waals surface area contributed by atoms with Gasteiger partial charge in [-0.2, -0.15) is 0 Å². The van der Waals surface area contributed by atoms with E-state index in [0.717, 1.165) is 0 Å². The molecule has 18 heavy (non-hydrogen) atoms. The summed E-state index contributed by atoms with van der Waals surface area (Å²) in [5.41, 5.74) is 5.34. The van der Waals surface area contributed by atoms with Crippen LogP contribution in [0.5, 0.6) is 0 Å². The molecule has 1 atom stereocenters. The van der Waals surface area contributed by atoms with Gasteiger partial charge in [-0.05, 0) is 0 Å². The highest BCUT2D eigenvalue weighted by Gasteiger charge is 2.11. The third-order valence-corrected chi connectivity index (χ3v) is 2.07. The molecule has 0 spiro atoms. The van der Waals surface area contributed by atoms with Crippen molar-refractivity contribution in [1.29, 1.82) is 0 Å². The molecule has 0 fully saturated rings. The van der Waals surface area contributed by atoms with Crippen LogP contribution in [0.3, 0.4) is 0 Å². The minimum absolute atomic E-state index is 0.148. The van der Waals surface area contributed by atoms with Crippen molar-refractivity contribution in [3.05, 3.63) is 11.9 Å². The van der Waals surface area contributed by atoms with Gasteiger partial charge in [-0.1, -0.05) is 5.21 Å². The number of nitrogens with zero attached hydrogens (tertiary/aromatic N) is 3. The first-order valence-electron chi connectivity index (χ1n) is 5.14. The fraction of sp³-hybridized carbons (Fsp3) is 0.400. The Labute approximate surface area is 103 Å². The molecule has 96 valence electrons. The van der Waals surface area contributed by atoms with Gasteiger partial charge in [-0.25, -0.2) is 9.48 Å². The van der Waals surface area contributed by atoms with Gasteiger partial charge < -0.3 is 16.2 Å². The predicted molar refractivity (Wildman–Crippen MR) is 61.4 cm³/mol. The second-order valence-corrected chi connectivity index (χ2v) is 3.48. The van der Waals surface area contributed by atoms with Gasteiger partial charge in [-0.15, -0.1) is 17.4 Å². The topological polar surface area (TPSA) is 123 Å². The number of carbonyl (C=O) groups is 2. The summed E-state index contributed by atoms with van der Waals surface area (Å²) in [6, 6.07) is -0.736. The van der Waals surface area contributed by atoms with Crippen LogP contribution in [-0.2, 0) is 11.3 Å². The number of rotatable bonds is 6. The van der Waals surface area contributed by atoms with Crippen LogP contribution < -0.4 is 11.1 Å². The Balaban J connectivity index is 2.35. The minimum Gasteiger partial charge on any atom is -0.476 e. The number of nitrogens with two attached hydrogens (primary N) is 1. The van der Waals surface area contributed by atoms with Gasteiger partial charge >= 0.3 is 5.97 Å². The van der Waals surface area contributed by atoms with Gasteiger partial charge in [0.1, 0.15) is 0 Å². The third kappa shape index (κ3) is 3.88. The zero-order valence-electron chi connectivity index (χ0n) is 9.54. The average molecular weight is 251 g/mol. The molecule has 0 aromatic carbocycles. The van der Waals surface area contributed by atoms with E-state index in [2.05, 4.69) is 21.5 Å². The van der Waals surface area contributed by atoms with Crippen LogP contribution in [0.25, 0.3) is 0 Å². The van der Waals surface area contributed by atoms with E-state index in [4.69, 9.17) is 17.3 Å². The van der Waals surface area contributed by atoms with E-state index in [-0.39, 0.29) is 24.6 Å². The van der Waals surface area contributed by atoms with Gasteiger partial charge in [0.25, 0.3) is 0 Å². The number of terminal acetylenes is 1. The van der Waals surface area contributed by atoms with Crippen molar-refractivity contribution in [2.45, 2.75) is 19.0 Å². The molecule has 0 aliphatic rings. The number of hydrogen-bond donors (Lipinski definition) is 3. The first-order valence-corrected chi connectivity index (χ1v) is 5.14. The fourth-order valence-electron chi connectivity index (χ4n) is 1.15. The van der Waals surface area contributed by atoms with Gasteiger partial charge in [-0.3, -0.25) is 4.79 Å². The van der Waals surface area contributed by atoms with Crippen LogP contribution in [-0.4, -0.2) is 44.6 Å². The summed E-state index contributed by atoms with van der Waals surface area (Å²) in [6.45, 7) is 0.564. The number of aromatic carboxylic acids is 1. The molecule has 0 aliphatic carbocycles. The second-order valence-electron chi connectivity index (χ2n) is 3.48. The lowest BCUT2D eigenvalue weighted by Crippen LogP contribution is -2.41. The van der Waals surface area contributed by atoms with Crippen molar-refractivity contribution >= 4 is 11.9 Å². The highest BCUT2D eigenvalue weighted by atomic mass is 16.4. The Morgan fingerprint density at radius 1 is 1.67 bits per heavy atom. The quantitative estimate of drug-likeness (QED) is 0.525. The van der Waals surface area contributed by atoms with Gasteiger partial charge in [0, 0.05) is 13.0 Å². The van der Waals surface area contributed by atoms with Crippen molar-refractivity contribution in [2.75, 3.05) is 6.54 Å². The summed E-state index contributed by atoms with van der Waals surface area (Å²) in [6.07, 6.45) is 6.47. The smallest absolute Gasteiger partial charge is 0.358 e. The highest BCUT2D eigenvalue weighted by molar-refractivity contribution is 5.84. The SMILES string of the molecule is C#CCC(N)C(=O)NCCn1cc(C(=O)O)nn1. The summed E-state index contributed by atoms with van der Waals surface area (Å²) < 4.78 is 1.32. The van der Waals surface area contributed by atoms with Crippen LogP contribution in [0.2, 0.25) is 0 Å². The summed E-state index contributed by atoms with van der Waals surface area (Å²) in [5, 5.41) is 18.2. The first kappa shape index (κ1) is 13.7. The molecule has 0 saturated heterocycles. The van der Waals surface area contributed by atoms with Crippen LogP contribution in [0.4, 0.5) is 0 Å². The molecular weight excluding hydrogens is 238 g/mol. The van der Waals surface area contributed by atoms with Gasteiger partial charge in [0.15, 0.2) is 5.69 Å². The first-order chi connectivity index (χ1) is 8.54. The molecule has 8 nitrogen and oxygen atoms in total. The standard InChI is InChI=1S/C10H13N5O3/c1-2-3-7(11)9(16)12-4-5-15-6-8(10(17)18)13-14-15/h1,6-7H,3-5,11H2,(H,12,16)(H,17,18). The summed E-state index contributed by atoms with van der Waals surface area (Å²) >= 11 is 0. The largest absolute Gasteiger partial charge is 0.476 e. The fourth-order valence-corrected chi connectivity index (χ4v) is 1.15. The normalized spacial score (nSPS) is 11.6. The minimum atomic E-state index is -1.15. The number of amides is 1. The van der Waals surface area contributed by atoms with Crippen molar-refractivity contribution in [2.24, 2.45) is 5.73 Å². The lowest BCUT2D eigenvalue weighted by Gasteiger charge is -2.09. The molecule has 1 aromatic heterocycles. The third-order valence-electron chi connectivity index (χ3n) is 2.07. The zero-order valence-corrected chi connectivity index (χ0v) is 9.54. The number of carbonyl (C=O) groups excluding carboxylic acids is 1. The maximum Gasteiger partial charge on any atom is 0.358 e. The van der Waals surface area contributed by atoms with E-state index in [1.165, 1.54) is 10.9 Å². The Morgan fingerprint density at radius 2 is 2.39 bits per heavy atom. The molecular formula is C10H13N5O3. The highest BCUT2D eigenvalue weighted by Crippen LogP contribution is 1.92. The Hall–Kier alpha value is -2.40. The Morgan fingerprint density at radius 3 is 2.94 bits per heavy atom. The Bertz CT molecular complexity index is 476. The summed E-state index contributed by atoms with van der Waals surface area (Å²) in [7, 11) is 0. The lowest BCUT2D eigenvalue weighted by atomic mass is 10.2. The number of nitrogens with one attached hydrogen (secondary N) is 1. The monoisotopic (exact) mass is 251 g/mol. The van der Waals surface area contributed by atoms with Crippen molar-refractivity contribution in [1.82, 2.24) is 20.3 Å². The molecule has 1 heterocycles. The molecule has 0 saturated carbocycles. The van der Waals surface area contributed by atoms with Crippen molar-refractivity contribution in [3.8, 4) is 12.3 Å². The second kappa shape index (κ2) is 6.36. The predicted octanol–water partition coefficient (Wildman–Crippen LogP) is -1.56. The van der Waals surface area contributed by atoms with E-state index < -0.39 is 12.0 Å². The van der Waals surface area contributed by atoms with E-state index in [0.29, 0.717) is 6.54 Å². The molecule has 8 heteroatoms. The zero-order chi connectivity index (χ0) is 13.5. The van der Waals surface area contributed by atoms with E-state index in [9.17, 15) is 9.59 Å². The lowest BCUT2D eigenvalue weighted by molar-refractivity contribution is -0.122. The molecule has 1 aromatic rings. The number of carboxylic acids is 1. The molecule has 1 unspecified atom stereocenters. The molecule has 4 N–H and O–H groups in total. The van der Waals surface area contributed by atoms with E-state index in [1.54, 1.807) is 0 Å². The van der Waals surface area contributed by atoms with Crippen molar-refractivity contribution < 1.29 is 14.7 Å². The molecule has 1 amide bonds. The molecule has 0 aliphatic heterocycles. The van der Waals surface area contributed by atoms with E-state index in [1.807, 2.05) is 0 Å². The number of hydrogen-bond acceptors (Lipinski definition) is 5. The van der Waals surface area contributed by atoms with Crippen LogP contribution in [0, 0.1) is 12.3 Å².